The lowest BCUT2D eigenvalue weighted by Gasteiger charge is -2.18. The SMILES string of the molecule is CCC(NC(=O)c1ccc2cnccc2c1)c1ccc(-c2ccc3ccccc3c2)cc1. The zero-order valence-corrected chi connectivity index (χ0v) is 18.0. The Morgan fingerprint density at radius 2 is 1.50 bits per heavy atom. The molecular weight excluding hydrogens is 392 g/mol. The number of fused-ring (bicyclic) bond motifs is 2. The van der Waals surface area contributed by atoms with Crippen LogP contribution in [0.25, 0.3) is 32.7 Å². The van der Waals surface area contributed by atoms with E-state index in [4.69, 9.17) is 0 Å². The standard InChI is InChI=1S/C29H24N2O/c1-2-28(31-29(32)26-13-14-27-19-30-16-15-25(27)18-26)22-10-7-21(8-11-22)24-12-9-20-5-3-4-6-23(20)17-24/h3-19,28H,2H2,1H3,(H,31,32). The number of hydrogen-bond acceptors (Lipinski definition) is 2. The van der Waals surface area contributed by atoms with E-state index in [-0.39, 0.29) is 11.9 Å². The molecular formula is C29H24N2O. The van der Waals surface area contributed by atoms with E-state index in [1.165, 1.54) is 21.9 Å². The molecule has 0 bridgehead atoms. The van der Waals surface area contributed by atoms with Crippen LogP contribution in [0.5, 0.6) is 0 Å². The maximum absolute atomic E-state index is 12.9. The Labute approximate surface area is 187 Å². The maximum Gasteiger partial charge on any atom is 0.251 e. The van der Waals surface area contributed by atoms with Gasteiger partial charge in [0, 0.05) is 23.3 Å². The van der Waals surface area contributed by atoms with E-state index in [0.29, 0.717) is 5.56 Å². The first kappa shape index (κ1) is 20.0. The summed E-state index contributed by atoms with van der Waals surface area (Å²) in [6.07, 6.45) is 4.37. The third-order valence-corrected chi connectivity index (χ3v) is 6.01. The molecule has 0 saturated heterocycles. The molecule has 3 heteroatoms. The molecule has 1 aromatic heterocycles. The molecule has 1 unspecified atom stereocenters. The Balaban J connectivity index is 1.35. The van der Waals surface area contributed by atoms with Crippen LogP contribution in [0.15, 0.2) is 103 Å². The lowest BCUT2D eigenvalue weighted by Crippen LogP contribution is -2.28. The number of nitrogens with zero attached hydrogens (tertiary/aromatic N) is 1. The predicted molar refractivity (Wildman–Crippen MR) is 132 cm³/mol. The molecule has 0 spiro atoms. The fourth-order valence-corrected chi connectivity index (χ4v) is 4.16. The number of hydrogen-bond donors (Lipinski definition) is 1. The quantitative estimate of drug-likeness (QED) is 0.337. The third kappa shape index (κ3) is 3.97. The molecule has 1 atom stereocenters. The van der Waals surface area contributed by atoms with Crippen LogP contribution in [0, 0.1) is 0 Å². The van der Waals surface area contributed by atoms with Crippen molar-refractivity contribution in [1.29, 1.82) is 0 Å². The van der Waals surface area contributed by atoms with Gasteiger partial charge in [0.2, 0.25) is 0 Å². The largest absolute Gasteiger partial charge is 0.345 e. The zero-order chi connectivity index (χ0) is 21.9. The van der Waals surface area contributed by atoms with Crippen LogP contribution >= 0.6 is 0 Å². The van der Waals surface area contributed by atoms with Gasteiger partial charge >= 0.3 is 0 Å². The second-order valence-corrected chi connectivity index (χ2v) is 8.06. The summed E-state index contributed by atoms with van der Waals surface area (Å²) in [4.78, 5) is 17.0. The van der Waals surface area contributed by atoms with Gasteiger partial charge < -0.3 is 5.32 Å². The molecule has 5 rings (SSSR count). The van der Waals surface area contributed by atoms with Crippen LogP contribution in [0.3, 0.4) is 0 Å². The highest BCUT2D eigenvalue weighted by atomic mass is 16.1. The van der Waals surface area contributed by atoms with Gasteiger partial charge in [-0.3, -0.25) is 9.78 Å². The molecule has 0 fully saturated rings. The molecule has 0 aliphatic rings. The van der Waals surface area contributed by atoms with Crippen molar-refractivity contribution in [2.45, 2.75) is 19.4 Å². The summed E-state index contributed by atoms with van der Waals surface area (Å²) in [6, 6.07) is 31.0. The van der Waals surface area contributed by atoms with E-state index >= 15 is 0 Å². The number of aromatic nitrogens is 1. The lowest BCUT2D eigenvalue weighted by molar-refractivity contribution is 0.0935. The second kappa shape index (κ2) is 8.64. The topological polar surface area (TPSA) is 42.0 Å². The van der Waals surface area contributed by atoms with Gasteiger partial charge in [-0.15, -0.1) is 0 Å². The molecule has 0 radical (unpaired) electrons. The van der Waals surface area contributed by atoms with Crippen molar-refractivity contribution in [3.63, 3.8) is 0 Å². The van der Waals surface area contributed by atoms with Gasteiger partial charge in [0.1, 0.15) is 0 Å². The first-order valence-corrected chi connectivity index (χ1v) is 10.9. The zero-order valence-electron chi connectivity index (χ0n) is 18.0. The highest BCUT2D eigenvalue weighted by Gasteiger charge is 2.15. The number of carbonyl (C=O) groups excluding carboxylic acids is 1. The van der Waals surface area contributed by atoms with Gasteiger partial charge in [0.25, 0.3) is 5.91 Å². The van der Waals surface area contributed by atoms with Gasteiger partial charge in [-0.25, -0.2) is 0 Å². The van der Waals surface area contributed by atoms with Crippen LogP contribution in [-0.2, 0) is 0 Å². The third-order valence-electron chi connectivity index (χ3n) is 6.01. The van der Waals surface area contributed by atoms with E-state index in [1.54, 1.807) is 6.20 Å². The number of amides is 1. The molecule has 0 saturated carbocycles. The molecule has 3 nitrogen and oxygen atoms in total. The average molecular weight is 417 g/mol. The van der Waals surface area contributed by atoms with Crippen LogP contribution in [0.4, 0.5) is 0 Å². The lowest BCUT2D eigenvalue weighted by atomic mass is 9.97. The molecule has 1 N–H and O–H groups in total. The fraction of sp³-hybridized carbons (Fsp3) is 0.103. The molecule has 0 aliphatic heterocycles. The minimum Gasteiger partial charge on any atom is -0.345 e. The van der Waals surface area contributed by atoms with Gasteiger partial charge in [0.15, 0.2) is 0 Å². The number of carbonyl (C=O) groups is 1. The van der Waals surface area contributed by atoms with E-state index in [0.717, 1.165) is 22.8 Å². The molecule has 1 amide bonds. The number of benzene rings is 4. The van der Waals surface area contributed by atoms with Crippen LogP contribution in [-0.4, -0.2) is 10.9 Å². The Kier molecular flexibility index (Phi) is 5.39. The molecule has 156 valence electrons. The fourth-order valence-electron chi connectivity index (χ4n) is 4.16. The summed E-state index contributed by atoms with van der Waals surface area (Å²) < 4.78 is 0. The van der Waals surface area contributed by atoms with Crippen molar-refractivity contribution >= 4 is 27.5 Å². The van der Waals surface area contributed by atoms with Gasteiger partial charge in [0.05, 0.1) is 6.04 Å². The smallest absolute Gasteiger partial charge is 0.251 e. The minimum atomic E-state index is -0.0610. The van der Waals surface area contributed by atoms with Gasteiger partial charge in [-0.05, 0) is 63.5 Å². The summed E-state index contributed by atoms with van der Waals surface area (Å²) in [6.45, 7) is 2.09. The monoisotopic (exact) mass is 416 g/mol. The molecule has 0 aliphatic carbocycles. The van der Waals surface area contributed by atoms with Crippen LogP contribution in [0.1, 0.15) is 35.3 Å². The average Bonchev–Trinajstić information content (AvgIpc) is 2.86. The maximum atomic E-state index is 12.9. The van der Waals surface area contributed by atoms with E-state index < -0.39 is 0 Å². The van der Waals surface area contributed by atoms with Crippen molar-refractivity contribution in [3.05, 3.63) is 115 Å². The van der Waals surface area contributed by atoms with Crippen molar-refractivity contribution in [2.24, 2.45) is 0 Å². The summed E-state index contributed by atoms with van der Waals surface area (Å²) in [5.41, 5.74) is 4.13. The van der Waals surface area contributed by atoms with E-state index in [9.17, 15) is 4.79 Å². The number of nitrogens with one attached hydrogen (secondary N) is 1. The normalized spacial score (nSPS) is 12.0. The first-order valence-electron chi connectivity index (χ1n) is 10.9. The Morgan fingerprint density at radius 3 is 2.31 bits per heavy atom. The Hall–Kier alpha value is -3.98. The van der Waals surface area contributed by atoms with Crippen molar-refractivity contribution < 1.29 is 4.79 Å². The second-order valence-electron chi connectivity index (χ2n) is 8.06. The Morgan fingerprint density at radius 1 is 0.781 bits per heavy atom. The van der Waals surface area contributed by atoms with Crippen LogP contribution < -0.4 is 5.32 Å². The van der Waals surface area contributed by atoms with Crippen molar-refractivity contribution in [1.82, 2.24) is 10.3 Å². The van der Waals surface area contributed by atoms with Crippen LogP contribution in [0.2, 0.25) is 0 Å². The number of rotatable bonds is 5. The molecule has 4 aromatic carbocycles. The summed E-state index contributed by atoms with van der Waals surface area (Å²) >= 11 is 0. The summed E-state index contributed by atoms with van der Waals surface area (Å²) in [5.74, 6) is -0.0610. The molecule has 5 aromatic rings. The summed E-state index contributed by atoms with van der Waals surface area (Å²) in [5, 5.41) is 7.71. The number of pyridine rings is 1. The highest BCUT2D eigenvalue weighted by Crippen LogP contribution is 2.27. The predicted octanol–water partition coefficient (Wildman–Crippen LogP) is 6.94. The first-order chi connectivity index (χ1) is 15.7. The Bertz CT molecular complexity index is 1410. The molecule has 1 heterocycles. The van der Waals surface area contributed by atoms with Crippen molar-refractivity contribution in [3.8, 4) is 11.1 Å². The highest BCUT2D eigenvalue weighted by molar-refractivity contribution is 5.98. The minimum absolute atomic E-state index is 0.0405. The van der Waals surface area contributed by atoms with Gasteiger partial charge in [-0.1, -0.05) is 73.7 Å². The van der Waals surface area contributed by atoms with Crippen molar-refractivity contribution in [2.75, 3.05) is 0 Å². The molecule has 32 heavy (non-hydrogen) atoms. The summed E-state index contributed by atoms with van der Waals surface area (Å²) in [7, 11) is 0. The van der Waals surface area contributed by atoms with Gasteiger partial charge in [-0.2, -0.15) is 0 Å². The van der Waals surface area contributed by atoms with E-state index in [2.05, 4.69) is 84.0 Å². The van der Waals surface area contributed by atoms with E-state index in [1.807, 2.05) is 30.5 Å².